The van der Waals surface area contributed by atoms with Crippen LogP contribution in [-0.4, -0.2) is 23.6 Å². The highest BCUT2D eigenvalue weighted by atomic mass is 19.1. The van der Waals surface area contributed by atoms with Crippen LogP contribution >= 0.6 is 0 Å². The first-order chi connectivity index (χ1) is 11.1. The van der Waals surface area contributed by atoms with Gasteiger partial charge in [-0.05, 0) is 35.4 Å². The van der Waals surface area contributed by atoms with Gasteiger partial charge in [0.25, 0.3) is 5.91 Å². The predicted molar refractivity (Wildman–Crippen MR) is 80.9 cm³/mol. The maximum Gasteiger partial charge on any atom is 0.338 e. The molecule has 0 saturated heterocycles. The molecular weight excluding hydrogens is 301 g/mol. The molecule has 0 aliphatic carbocycles. The maximum atomic E-state index is 12.7. The Bertz CT molecular complexity index is 668. The standard InChI is InChI=1S/C17H16FNO4/c18-15-7-3-12(4-8-15)9-19-16(21)11-23-17(22)14-5-1-13(10-20)2-6-14/h1-8,20H,9-11H2,(H,19,21). The summed E-state index contributed by atoms with van der Waals surface area (Å²) >= 11 is 0. The molecule has 0 saturated carbocycles. The van der Waals surface area contributed by atoms with Crippen molar-refractivity contribution < 1.29 is 23.8 Å². The number of amides is 1. The number of nitrogens with one attached hydrogen (secondary N) is 1. The number of rotatable bonds is 6. The zero-order valence-corrected chi connectivity index (χ0v) is 12.3. The Morgan fingerprint density at radius 1 is 1.00 bits per heavy atom. The van der Waals surface area contributed by atoms with Crippen LogP contribution in [0.5, 0.6) is 0 Å². The van der Waals surface area contributed by atoms with E-state index in [1.54, 1.807) is 24.3 Å². The third kappa shape index (κ3) is 5.19. The molecule has 23 heavy (non-hydrogen) atoms. The summed E-state index contributed by atoms with van der Waals surface area (Å²) in [5.41, 5.74) is 1.72. The monoisotopic (exact) mass is 317 g/mol. The molecule has 0 aromatic heterocycles. The van der Waals surface area contributed by atoms with Crippen molar-refractivity contribution in [1.82, 2.24) is 5.32 Å². The van der Waals surface area contributed by atoms with Crippen LogP contribution in [0.4, 0.5) is 4.39 Å². The first-order valence-electron chi connectivity index (χ1n) is 6.96. The highest BCUT2D eigenvalue weighted by molar-refractivity contribution is 5.91. The molecule has 2 aromatic rings. The van der Waals surface area contributed by atoms with E-state index in [1.807, 2.05) is 0 Å². The average molecular weight is 317 g/mol. The summed E-state index contributed by atoms with van der Waals surface area (Å²) in [6, 6.07) is 12.0. The van der Waals surface area contributed by atoms with E-state index < -0.39 is 18.5 Å². The van der Waals surface area contributed by atoms with Crippen LogP contribution < -0.4 is 5.32 Å². The molecule has 0 fully saturated rings. The van der Waals surface area contributed by atoms with E-state index in [-0.39, 0.29) is 19.0 Å². The minimum Gasteiger partial charge on any atom is -0.452 e. The number of carbonyl (C=O) groups excluding carboxylic acids is 2. The van der Waals surface area contributed by atoms with Crippen molar-refractivity contribution in [3.05, 3.63) is 71.0 Å². The van der Waals surface area contributed by atoms with E-state index in [9.17, 15) is 14.0 Å². The largest absolute Gasteiger partial charge is 0.452 e. The van der Waals surface area contributed by atoms with Crippen LogP contribution in [0, 0.1) is 5.82 Å². The van der Waals surface area contributed by atoms with Gasteiger partial charge in [0.1, 0.15) is 5.82 Å². The van der Waals surface area contributed by atoms with Crippen molar-refractivity contribution in [1.29, 1.82) is 0 Å². The third-order valence-corrected chi connectivity index (χ3v) is 3.11. The number of halogens is 1. The minimum absolute atomic E-state index is 0.110. The normalized spacial score (nSPS) is 10.2. The molecule has 1 amide bonds. The zero-order valence-electron chi connectivity index (χ0n) is 12.3. The van der Waals surface area contributed by atoms with Gasteiger partial charge in [0, 0.05) is 6.54 Å². The Hall–Kier alpha value is -2.73. The summed E-state index contributed by atoms with van der Waals surface area (Å²) in [5, 5.41) is 11.5. The van der Waals surface area contributed by atoms with Crippen LogP contribution in [0.25, 0.3) is 0 Å². The second kappa shape index (κ2) is 8.05. The fraction of sp³-hybridized carbons (Fsp3) is 0.176. The molecule has 0 aliphatic heterocycles. The predicted octanol–water partition coefficient (Wildman–Crippen LogP) is 1.79. The topological polar surface area (TPSA) is 75.6 Å². The average Bonchev–Trinajstić information content (AvgIpc) is 2.59. The van der Waals surface area contributed by atoms with Gasteiger partial charge in [-0.1, -0.05) is 24.3 Å². The van der Waals surface area contributed by atoms with Crippen molar-refractivity contribution in [3.8, 4) is 0 Å². The molecule has 0 spiro atoms. The fourth-order valence-corrected chi connectivity index (χ4v) is 1.81. The Kier molecular flexibility index (Phi) is 5.82. The lowest BCUT2D eigenvalue weighted by Crippen LogP contribution is -2.28. The third-order valence-electron chi connectivity index (χ3n) is 3.11. The van der Waals surface area contributed by atoms with Crippen LogP contribution in [0.3, 0.4) is 0 Å². The molecule has 2 aromatic carbocycles. The zero-order chi connectivity index (χ0) is 16.7. The van der Waals surface area contributed by atoms with E-state index in [0.717, 1.165) is 5.56 Å². The van der Waals surface area contributed by atoms with Crippen LogP contribution in [0.15, 0.2) is 48.5 Å². The van der Waals surface area contributed by atoms with Gasteiger partial charge in [-0.3, -0.25) is 4.79 Å². The summed E-state index contributed by atoms with van der Waals surface area (Å²) in [5.74, 6) is -1.41. The van der Waals surface area contributed by atoms with Crippen LogP contribution in [0.2, 0.25) is 0 Å². The quantitative estimate of drug-likeness (QED) is 0.797. The number of carbonyl (C=O) groups is 2. The summed E-state index contributed by atoms with van der Waals surface area (Å²) in [7, 11) is 0. The van der Waals surface area contributed by atoms with E-state index in [2.05, 4.69) is 5.32 Å². The van der Waals surface area contributed by atoms with Gasteiger partial charge in [0.05, 0.1) is 12.2 Å². The Morgan fingerprint density at radius 3 is 2.22 bits per heavy atom. The number of aliphatic hydroxyl groups excluding tert-OH is 1. The summed E-state index contributed by atoms with van der Waals surface area (Å²) in [6.07, 6.45) is 0. The van der Waals surface area contributed by atoms with E-state index >= 15 is 0 Å². The van der Waals surface area contributed by atoms with Gasteiger partial charge < -0.3 is 15.2 Å². The fourth-order valence-electron chi connectivity index (χ4n) is 1.81. The van der Waals surface area contributed by atoms with Crippen LogP contribution in [-0.2, 0) is 22.7 Å². The van der Waals surface area contributed by atoms with Gasteiger partial charge in [-0.15, -0.1) is 0 Å². The summed E-state index contributed by atoms with van der Waals surface area (Å²) in [4.78, 5) is 23.4. The molecule has 6 heteroatoms. The number of hydrogen-bond acceptors (Lipinski definition) is 4. The highest BCUT2D eigenvalue weighted by Crippen LogP contribution is 2.06. The second-order valence-electron chi connectivity index (χ2n) is 4.83. The number of esters is 1. The minimum atomic E-state index is -0.619. The first kappa shape index (κ1) is 16.6. The lowest BCUT2D eigenvalue weighted by molar-refractivity contribution is -0.124. The van der Waals surface area contributed by atoms with Crippen molar-refractivity contribution in [2.45, 2.75) is 13.2 Å². The van der Waals surface area contributed by atoms with Crippen molar-refractivity contribution in [2.24, 2.45) is 0 Å². The number of aliphatic hydroxyl groups is 1. The van der Waals surface area contributed by atoms with Crippen molar-refractivity contribution in [2.75, 3.05) is 6.61 Å². The smallest absolute Gasteiger partial charge is 0.338 e. The molecule has 2 rings (SSSR count). The molecule has 0 unspecified atom stereocenters. The van der Waals surface area contributed by atoms with E-state index in [1.165, 1.54) is 24.3 Å². The Balaban J connectivity index is 1.76. The van der Waals surface area contributed by atoms with Gasteiger partial charge in [0.2, 0.25) is 0 Å². The van der Waals surface area contributed by atoms with Crippen LogP contribution in [0.1, 0.15) is 21.5 Å². The molecule has 0 radical (unpaired) electrons. The molecular formula is C17H16FNO4. The summed E-state index contributed by atoms with van der Waals surface area (Å²) < 4.78 is 17.6. The van der Waals surface area contributed by atoms with E-state index in [0.29, 0.717) is 11.1 Å². The molecule has 0 heterocycles. The Labute approximate surface area is 132 Å². The number of ether oxygens (including phenoxy) is 1. The van der Waals surface area contributed by atoms with Gasteiger partial charge in [-0.25, -0.2) is 9.18 Å². The maximum absolute atomic E-state index is 12.7. The molecule has 120 valence electrons. The molecule has 2 N–H and O–H groups in total. The number of hydrogen-bond donors (Lipinski definition) is 2. The lowest BCUT2D eigenvalue weighted by Gasteiger charge is -2.07. The SMILES string of the molecule is O=C(COC(=O)c1ccc(CO)cc1)NCc1ccc(F)cc1. The molecule has 5 nitrogen and oxygen atoms in total. The van der Waals surface area contributed by atoms with E-state index in [4.69, 9.17) is 9.84 Å². The van der Waals surface area contributed by atoms with Crippen molar-refractivity contribution in [3.63, 3.8) is 0 Å². The highest BCUT2D eigenvalue weighted by Gasteiger charge is 2.10. The Morgan fingerprint density at radius 2 is 1.61 bits per heavy atom. The molecule has 0 atom stereocenters. The second-order valence-corrected chi connectivity index (χ2v) is 4.83. The summed E-state index contributed by atoms with van der Waals surface area (Å²) in [6.45, 7) is -0.287. The van der Waals surface area contributed by atoms with Gasteiger partial charge in [0.15, 0.2) is 6.61 Å². The van der Waals surface area contributed by atoms with Gasteiger partial charge >= 0.3 is 5.97 Å². The molecule has 0 aliphatic rings. The lowest BCUT2D eigenvalue weighted by atomic mass is 10.1. The van der Waals surface area contributed by atoms with Gasteiger partial charge in [-0.2, -0.15) is 0 Å². The molecule has 0 bridgehead atoms. The first-order valence-corrected chi connectivity index (χ1v) is 6.96. The number of benzene rings is 2. The van der Waals surface area contributed by atoms with Crippen molar-refractivity contribution >= 4 is 11.9 Å².